The van der Waals surface area contributed by atoms with Gasteiger partial charge in [0.05, 0.1) is 12.8 Å². The van der Waals surface area contributed by atoms with Crippen LogP contribution in [0, 0.1) is 10.1 Å². The number of hydrogen-bond donors (Lipinski definition) is 1. The second kappa shape index (κ2) is 6.52. The van der Waals surface area contributed by atoms with Gasteiger partial charge in [-0.25, -0.2) is 0 Å². The Labute approximate surface area is 151 Å². The molecule has 0 aliphatic rings. The highest BCUT2D eigenvalue weighted by Gasteiger charge is 2.29. The highest BCUT2D eigenvalue weighted by atomic mass is 32.1. The Kier molecular flexibility index (Phi) is 4.05. The number of imidazole rings is 1. The van der Waals surface area contributed by atoms with E-state index in [1.807, 2.05) is 0 Å². The lowest BCUT2D eigenvalue weighted by molar-refractivity contribution is -0.389. The molecular weight excluding hydrogens is 356 g/mol. The number of aromatic nitrogens is 2. The van der Waals surface area contributed by atoms with Gasteiger partial charge in [-0.15, -0.1) is 0 Å². The largest absolute Gasteiger partial charge is 0.508 e. The standard InChI is InChI=1S/C17H14N4O4S/c22-14-6-2-1-4-12(14)10-19(11-13-5-3-8-25-13)15-16(21(23)24)20-7-9-26-17(20)18-15/h1-9,22H,10-11H2. The van der Waals surface area contributed by atoms with Crippen molar-refractivity contribution < 1.29 is 14.4 Å². The molecule has 4 aromatic rings. The number of furan rings is 1. The Morgan fingerprint density at radius 1 is 1.27 bits per heavy atom. The van der Waals surface area contributed by atoms with Crippen molar-refractivity contribution in [3.05, 3.63) is 75.7 Å². The van der Waals surface area contributed by atoms with Crippen molar-refractivity contribution in [2.24, 2.45) is 0 Å². The summed E-state index contributed by atoms with van der Waals surface area (Å²) in [6.45, 7) is 0.534. The Hall–Kier alpha value is -3.33. The van der Waals surface area contributed by atoms with Crippen LogP contribution in [0.1, 0.15) is 11.3 Å². The Bertz CT molecular complexity index is 1050. The fourth-order valence-electron chi connectivity index (χ4n) is 2.79. The lowest BCUT2D eigenvalue weighted by atomic mass is 10.2. The number of rotatable bonds is 6. The summed E-state index contributed by atoms with van der Waals surface area (Å²) in [4.78, 5) is 17.9. The minimum absolute atomic E-state index is 0.108. The normalized spacial score (nSPS) is 11.1. The van der Waals surface area contributed by atoms with Crippen LogP contribution < -0.4 is 4.90 Å². The predicted molar refractivity (Wildman–Crippen MR) is 96.4 cm³/mol. The molecule has 0 saturated carbocycles. The van der Waals surface area contributed by atoms with Gasteiger partial charge in [-0.05, 0) is 23.1 Å². The van der Waals surface area contributed by atoms with Gasteiger partial charge in [0.25, 0.3) is 4.96 Å². The van der Waals surface area contributed by atoms with E-state index < -0.39 is 4.92 Å². The number of aromatic hydroxyl groups is 1. The van der Waals surface area contributed by atoms with Gasteiger partial charge in [0.2, 0.25) is 5.82 Å². The number of fused-ring (bicyclic) bond motifs is 1. The van der Waals surface area contributed by atoms with Crippen LogP contribution in [-0.4, -0.2) is 19.4 Å². The zero-order valence-electron chi connectivity index (χ0n) is 13.5. The summed E-state index contributed by atoms with van der Waals surface area (Å²) in [6, 6.07) is 10.4. The topological polar surface area (TPSA) is 97.0 Å². The SMILES string of the molecule is O=[N+]([O-])c1c(N(Cc2ccco2)Cc2ccccc2O)nc2sccn12. The third kappa shape index (κ3) is 2.88. The van der Waals surface area contributed by atoms with Crippen molar-refractivity contribution in [1.82, 2.24) is 9.38 Å². The fourth-order valence-corrected chi connectivity index (χ4v) is 3.50. The maximum atomic E-state index is 11.7. The van der Waals surface area contributed by atoms with Crippen LogP contribution in [0.5, 0.6) is 5.75 Å². The minimum Gasteiger partial charge on any atom is -0.508 e. The first-order chi connectivity index (χ1) is 12.6. The molecule has 0 unspecified atom stereocenters. The van der Waals surface area contributed by atoms with Gasteiger partial charge < -0.3 is 24.5 Å². The Balaban J connectivity index is 1.80. The van der Waals surface area contributed by atoms with Gasteiger partial charge in [0, 0.05) is 17.5 Å². The minimum atomic E-state index is -0.442. The van der Waals surface area contributed by atoms with Crippen molar-refractivity contribution in [3.63, 3.8) is 0 Å². The highest BCUT2D eigenvalue weighted by molar-refractivity contribution is 7.15. The molecule has 0 fully saturated rings. The molecule has 26 heavy (non-hydrogen) atoms. The summed E-state index contributed by atoms with van der Waals surface area (Å²) >= 11 is 1.32. The molecule has 0 saturated heterocycles. The van der Waals surface area contributed by atoms with E-state index in [-0.39, 0.29) is 30.5 Å². The van der Waals surface area contributed by atoms with Crippen LogP contribution in [0.3, 0.4) is 0 Å². The number of hydrogen-bond acceptors (Lipinski definition) is 7. The molecule has 3 aromatic heterocycles. The summed E-state index contributed by atoms with van der Waals surface area (Å²) in [5.74, 6) is 0.899. The average molecular weight is 370 g/mol. The van der Waals surface area contributed by atoms with Crippen molar-refractivity contribution in [1.29, 1.82) is 0 Å². The molecule has 132 valence electrons. The molecule has 0 atom stereocenters. The summed E-state index contributed by atoms with van der Waals surface area (Å²) in [5, 5.41) is 23.5. The molecule has 1 aromatic carbocycles. The molecule has 1 N–H and O–H groups in total. The maximum Gasteiger partial charge on any atom is 0.373 e. The van der Waals surface area contributed by atoms with Crippen LogP contribution in [0.25, 0.3) is 4.96 Å². The molecule has 0 radical (unpaired) electrons. The average Bonchev–Trinajstić information content (AvgIpc) is 3.31. The fraction of sp³-hybridized carbons (Fsp3) is 0.118. The van der Waals surface area contributed by atoms with E-state index in [1.165, 1.54) is 15.7 Å². The third-order valence-corrected chi connectivity index (χ3v) is 4.73. The molecule has 0 amide bonds. The number of nitro groups is 1. The van der Waals surface area contributed by atoms with Gasteiger partial charge in [0.15, 0.2) is 0 Å². The van der Waals surface area contributed by atoms with Crippen LogP contribution in [0.15, 0.2) is 58.7 Å². The molecule has 0 aliphatic carbocycles. The first-order valence-electron chi connectivity index (χ1n) is 7.77. The van der Waals surface area contributed by atoms with Crippen molar-refractivity contribution in [2.45, 2.75) is 13.1 Å². The summed E-state index contributed by atoms with van der Waals surface area (Å²) < 4.78 is 6.86. The quantitative estimate of drug-likeness (QED) is 0.409. The number of nitrogens with zero attached hydrogens (tertiary/aromatic N) is 4. The van der Waals surface area contributed by atoms with E-state index in [4.69, 9.17) is 4.42 Å². The van der Waals surface area contributed by atoms with E-state index >= 15 is 0 Å². The first-order valence-corrected chi connectivity index (χ1v) is 8.65. The number of benzene rings is 1. The molecule has 0 aliphatic heterocycles. The van der Waals surface area contributed by atoms with E-state index in [0.717, 1.165) is 0 Å². The van der Waals surface area contributed by atoms with Crippen molar-refractivity contribution >= 4 is 27.9 Å². The number of thiazole rings is 1. The van der Waals surface area contributed by atoms with Crippen molar-refractivity contribution in [3.8, 4) is 5.75 Å². The second-order valence-electron chi connectivity index (χ2n) is 5.64. The molecular formula is C17H14N4O4S. The summed E-state index contributed by atoms with van der Waals surface area (Å²) in [7, 11) is 0. The number of phenols is 1. The zero-order valence-corrected chi connectivity index (χ0v) is 14.3. The zero-order chi connectivity index (χ0) is 18.1. The second-order valence-corrected chi connectivity index (χ2v) is 6.51. The molecule has 3 heterocycles. The third-order valence-electron chi connectivity index (χ3n) is 3.97. The smallest absolute Gasteiger partial charge is 0.373 e. The number of phenolic OH excluding ortho intramolecular Hbond substituents is 1. The highest BCUT2D eigenvalue weighted by Crippen LogP contribution is 2.33. The first kappa shape index (κ1) is 16.2. The van der Waals surface area contributed by atoms with Gasteiger partial charge in [-0.2, -0.15) is 9.38 Å². The molecule has 8 nitrogen and oxygen atoms in total. The van der Waals surface area contributed by atoms with Crippen LogP contribution >= 0.6 is 11.3 Å². The number of anilines is 1. The Morgan fingerprint density at radius 2 is 2.12 bits per heavy atom. The van der Waals surface area contributed by atoms with E-state index in [9.17, 15) is 15.2 Å². The lowest BCUT2D eigenvalue weighted by Crippen LogP contribution is -2.23. The van der Waals surface area contributed by atoms with Gasteiger partial charge >= 0.3 is 5.82 Å². The van der Waals surface area contributed by atoms with E-state index in [0.29, 0.717) is 16.3 Å². The van der Waals surface area contributed by atoms with Crippen molar-refractivity contribution in [2.75, 3.05) is 4.90 Å². The van der Waals surface area contributed by atoms with Crippen LogP contribution in [-0.2, 0) is 13.1 Å². The van der Waals surface area contributed by atoms with Gasteiger partial charge in [0.1, 0.15) is 17.7 Å². The van der Waals surface area contributed by atoms with Crippen LogP contribution in [0.2, 0.25) is 0 Å². The molecule has 0 spiro atoms. The van der Waals surface area contributed by atoms with Crippen LogP contribution in [0.4, 0.5) is 11.6 Å². The Morgan fingerprint density at radius 3 is 2.85 bits per heavy atom. The summed E-state index contributed by atoms with van der Waals surface area (Å²) in [6.07, 6.45) is 3.17. The lowest BCUT2D eigenvalue weighted by Gasteiger charge is -2.21. The molecule has 0 bridgehead atoms. The summed E-state index contributed by atoms with van der Waals surface area (Å²) in [5.41, 5.74) is 0.643. The van der Waals surface area contributed by atoms with E-state index in [1.54, 1.807) is 59.1 Å². The van der Waals surface area contributed by atoms with E-state index in [2.05, 4.69) is 4.98 Å². The molecule has 4 rings (SSSR count). The predicted octanol–water partition coefficient (Wildman–Crippen LogP) is 3.81. The van der Waals surface area contributed by atoms with Gasteiger partial charge in [-0.1, -0.05) is 29.5 Å². The van der Waals surface area contributed by atoms with Gasteiger partial charge in [-0.3, -0.25) is 0 Å². The monoisotopic (exact) mass is 370 g/mol. The maximum absolute atomic E-state index is 11.7. The number of para-hydroxylation sites is 1. The molecule has 9 heteroatoms.